The third kappa shape index (κ3) is 1.97. The number of nitrogens with two attached hydrogens (primary N) is 1. The smallest absolute Gasteiger partial charge is 0.295 e. The van der Waals surface area contributed by atoms with E-state index in [9.17, 15) is 0 Å². The van der Waals surface area contributed by atoms with Crippen LogP contribution < -0.4 is 11.1 Å². The number of rotatable bonds is 4. The molecule has 0 aliphatic rings. The summed E-state index contributed by atoms with van der Waals surface area (Å²) >= 11 is 0. The molecule has 92 valence electrons. The maximum atomic E-state index is 5.79. The van der Waals surface area contributed by atoms with Gasteiger partial charge < -0.3 is 20.0 Å². The van der Waals surface area contributed by atoms with Crippen LogP contribution in [-0.2, 0) is 6.42 Å². The van der Waals surface area contributed by atoms with E-state index in [0.29, 0.717) is 41.6 Å². The Bertz CT molecular complexity index is 647. The van der Waals surface area contributed by atoms with Crippen LogP contribution in [-0.4, -0.2) is 21.7 Å². The quantitative estimate of drug-likeness (QED) is 0.670. The molecule has 18 heavy (non-hydrogen) atoms. The van der Waals surface area contributed by atoms with Gasteiger partial charge in [-0.15, -0.1) is 0 Å². The van der Waals surface area contributed by atoms with E-state index in [-0.39, 0.29) is 0 Å². The molecular formula is C11H11N5O2. The molecule has 0 saturated heterocycles. The highest BCUT2D eigenvalue weighted by molar-refractivity contribution is 5.86. The fourth-order valence-corrected chi connectivity index (χ4v) is 1.63. The number of hydrogen-bond donors (Lipinski definition) is 2. The van der Waals surface area contributed by atoms with Crippen molar-refractivity contribution < 1.29 is 8.94 Å². The van der Waals surface area contributed by atoms with E-state index in [2.05, 4.69) is 25.0 Å². The summed E-state index contributed by atoms with van der Waals surface area (Å²) in [5.41, 5.74) is 7.72. The Balaban J connectivity index is 1.69. The van der Waals surface area contributed by atoms with E-state index < -0.39 is 0 Å². The van der Waals surface area contributed by atoms with E-state index in [1.807, 2.05) is 12.1 Å². The average Bonchev–Trinajstić information content (AvgIpc) is 2.98. The maximum Gasteiger partial charge on any atom is 0.295 e. The summed E-state index contributed by atoms with van der Waals surface area (Å²) in [6.45, 7) is 0.603. The predicted molar refractivity (Wildman–Crippen MR) is 64.9 cm³/mol. The monoisotopic (exact) mass is 245 g/mol. The van der Waals surface area contributed by atoms with Crippen LogP contribution >= 0.6 is 0 Å². The van der Waals surface area contributed by atoms with Crippen LogP contribution in [0, 0.1) is 0 Å². The highest BCUT2D eigenvalue weighted by atomic mass is 16.5. The van der Waals surface area contributed by atoms with Crippen molar-refractivity contribution in [1.82, 2.24) is 15.1 Å². The second-order valence-corrected chi connectivity index (χ2v) is 3.74. The summed E-state index contributed by atoms with van der Waals surface area (Å²) in [5, 5.41) is 6.75. The van der Waals surface area contributed by atoms with E-state index in [4.69, 9.17) is 10.2 Å². The van der Waals surface area contributed by atoms with Crippen molar-refractivity contribution in [3.05, 3.63) is 30.4 Å². The second-order valence-electron chi connectivity index (χ2n) is 3.74. The van der Waals surface area contributed by atoms with E-state index in [1.54, 1.807) is 6.07 Å². The molecular weight excluding hydrogens is 234 g/mol. The molecule has 0 aliphatic carbocycles. The van der Waals surface area contributed by atoms with Crippen molar-refractivity contribution in [2.75, 3.05) is 17.6 Å². The van der Waals surface area contributed by atoms with Crippen LogP contribution in [0.1, 0.15) is 5.82 Å². The highest BCUT2D eigenvalue weighted by Gasteiger charge is 2.07. The lowest BCUT2D eigenvalue weighted by molar-refractivity contribution is 0.410. The summed E-state index contributed by atoms with van der Waals surface area (Å²) in [6.07, 6.45) is 1.93. The van der Waals surface area contributed by atoms with Crippen LogP contribution in [0.2, 0.25) is 0 Å². The van der Waals surface area contributed by atoms with Crippen LogP contribution in [0.5, 0.6) is 0 Å². The molecule has 0 amide bonds. The number of para-hydroxylation sites is 1. The Kier molecular flexibility index (Phi) is 2.56. The molecule has 3 rings (SSSR count). The van der Waals surface area contributed by atoms with E-state index in [0.717, 1.165) is 0 Å². The standard InChI is InChI=1S/C11H11N5O2/c12-7-2-1-3-8-10(7)15-11(18-8)13-5-4-9-14-6-17-16-9/h1-3,6H,4-5,12H2,(H,13,15). The van der Waals surface area contributed by atoms with Gasteiger partial charge in [0.15, 0.2) is 11.4 Å². The lowest BCUT2D eigenvalue weighted by Crippen LogP contribution is -2.05. The highest BCUT2D eigenvalue weighted by Crippen LogP contribution is 2.23. The van der Waals surface area contributed by atoms with Crippen molar-refractivity contribution in [1.29, 1.82) is 0 Å². The second kappa shape index (κ2) is 4.36. The van der Waals surface area contributed by atoms with Gasteiger partial charge >= 0.3 is 0 Å². The van der Waals surface area contributed by atoms with Gasteiger partial charge in [-0.05, 0) is 12.1 Å². The number of anilines is 2. The Morgan fingerprint density at radius 2 is 2.28 bits per heavy atom. The van der Waals surface area contributed by atoms with Gasteiger partial charge in [-0.1, -0.05) is 11.2 Å². The fourth-order valence-electron chi connectivity index (χ4n) is 1.63. The average molecular weight is 245 g/mol. The normalized spacial score (nSPS) is 10.9. The van der Waals surface area contributed by atoms with E-state index >= 15 is 0 Å². The zero-order valence-corrected chi connectivity index (χ0v) is 9.46. The Hall–Kier alpha value is -2.57. The van der Waals surface area contributed by atoms with Gasteiger partial charge in [-0.25, -0.2) is 0 Å². The molecule has 0 atom stereocenters. The lowest BCUT2D eigenvalue weighted by atomic mass is 10.3. The summed E-state index contributed by atoms with van der Waals surface area (Å²) in [6, 6.07) is 5.87. The van der Waals surface area contributed by atoms with Gasteiger partial charge in [-0.2, -0.15) is 9.97 Å². The van der Waals surface area contributed by atoms with Gasteiger partial charge in [0.1, 0.15) is 5.52 Å². The third-order valence-corrected chi connectivity index (χ3v) is 2.48. The Morgan fingerprint density at radius 1 is 1.33 bits per heavy atom. The Morgan fingerprint density at radius 3 is 3.06 bits per heavy atom. The Labute approximate surface area is 102 Å². The van der Waals surface area contributed by atoms with Gasteiger partial charge in [0.2, 0.25) is 6.39 Å². The number of benzene rings is 1. The molecule has 7 nitrogen and oxygen atoms in total. The maximum absolute atomic E-state index is 5.79. The molecule has 3 N–H and O–H groups in total. The first-order valence-corrected chi connectivity index (χ1v) is 5.47. The van der Waals surface area contributed by atoms with Crippen molar-refractivity contribution in [2.24, 2.45) is 0 Å². The van der Waals surface area contributed by atoms with Gasteiger partial charge in [-0.3, -0.25) is 0 Å². The third-order valence-electron chi connectivity index (χ3n) is 2.48. The van der Waals surface area contributed by atoms with Crippen LogP contribution in [0.4, 0.5) is 11.7 Å². The molecule has 0 radical (unpaired) electrons. The van der Waals surface area contributed by atoms with Gasteiger partial charge in [0.05, 0.1) is 5.69 Å². The number of nitrogen functional groups attached to an aromatic ring is 1. The molecule has 0 fully saturated rings. The van der Waals surface area contributed by atoms with Gasteiger partial charge in [0.25, 0.3) is 6.01 Å². The van der Waals surface area contributed by atoms with Crippen LogP contribution in [0.25, 0.3) is 11.1 Å². The first kappa shape index (κ1) is 10.6. The minimum absolute atomic E-state index is 0.436. The van der Waals surface area contributed by atoms with Crippen molar-refractivity contribution >= 4 is 22.8 Å². The SMILES string of the molecule is Nc1cccc2oc(NCCc3ncon3)nc12. The minimum atomic E-state index is 0.436. The topological polar surface area (TPSA) is 103 Å². The zero-order chi connectivity index (χ0) is 12.4. The van der Waals surface area contributed by atoms with Gasteiger partial charge in [0, 0.05) is 13.0 Å². The van der Waals surface area contributed by atoms with Crippen molar-refractivity contribution in [3.63, 3.8) is 0 Å². The van der Waals surface area contributed by atoms with Crippen molar-refractivity contribution in [3.8, 4) is 0 Å². The molecule has 0 unspecified atom stereocenters. The predicted octanol–water partition coefficient (Wildman–Crippen LogP) is 1.45. The number of oxazole rings is 1. The fraction of sp³-hybridized carbons (Fsp3) is 0.182. The molecule has 0 aliphatic heterocycles. The lowest BCUT2D eigenvalue weighted by Gasteiger charge is -1.96. The van der Waals surface area contributed by atoms with Crippen molar-refractivity contribution in [2.45, 2.75) is 6.42 Å². The first-order valence-electron chi connectivity index (χ1n) is 5.47. The number of nitrogens with zero attached hydrogens (tertiary/aromatic N) is 3. The zero-order valence-electron chi connectivity index (χ0n) is 9.46. The number of fused-ring (bicyclic) bond motifs is 1. The minimum Gasteiger partial charge on any atom is -0.423 e. The van der Waals surface area contributed by atoms with E-state index in [1.165, 1.54) is 6.39 Å². The molecule has 2 heterocycles. The first-order chi connectivity index (χ1) is 8.83. The number of aromatic nitrogens is 3. The summed E-state index contributed by atoms with van der Waals surface area (Å²) in [4.78, 5) is 8.18. The molecule has 0 bridgehead atoms. The van der Waals surface area contributed by atoms with Crippen LogP contribution in [0.3, 0.4) is 0 Å². The molecule has 3 aromatic rings. The summed E-state index contributed by atoms with van der Waals surface area (Å²) in [7, 11) is 0. The number of nitrogens with one attached hydrogen (secondary N) is 1. The summed E-state index contributed by atoms with van der Waals surface area (Å²) < 4.78 is 10.1. The molecule has 2 aromatic heterocycles. The number of hydrogen-bond acceptors (Lipinski definition) is 7. The molecule has 7 heteroatoms. The molecule has 0 spiro atoms. The van der Waals surface area contributed by atoms with Crippen LogP contribution in [0.15, 0.2) is 33.5 Å². The molecule has 0 saturated carbocycles. The molecule has 1 aromatic carbocycles. The largest absolute Gasteiger partial charge is 0.423 e. The summed E-state index contributed by atoms with van der Waals surface area (Å²) in [5.74, 6) is 0.637.